The Balaban J connectivity index is 1.69. The molecule has 1 unspecified atom stereocenters. The molecule has 0 saturated carbocycles. The summed E-state index contributed by atoms with van der Waals surface area (Å²) in [5.41, 5.74) is -0.127. The molecular formula is C14H10F4N4O2S. The largest absolute Gasteiger partial charge is 0.309 e. The van der Waals surface area contributed by atoms with Gasteiger partial charge in [-0.05, 0) is 12.1 Å². The standard InChI is InChI=1S/C14H10F4N4O2S/c15-7-1-2-9(8(16)4-7)22-5-6(3-10(22)23)12(24)19-14-21-20-13(25-14)11(17)18/h1-2,4,6,11H,3,5H2,(H,19,21,24). The first kappa shape index (κ1) is 17.3. The lowest BCUT2D eigenvalue weighted by molar-refractivity contribution is -0.122. The van der Waals surface area contributed by atoms with E-state index in [4.69, 9.17) is 0 Å². The van der Waals surface area contributed by atoms with Gasteiger partial charge in [-0.1, -0.05) is 11.3 Å². The highest BCUT2D eigenvalue weighted by Crippen LogP contribution is 2.30. The van der Waals surface area contributed by atoms with Crippen molar-refractivity contribution in [2.75, 3.05) is 16.8 Å². The van der Waals surface area contributed by atoms with Gasteiger partial charge in [0.25, 0.3) is 6.43 Å². The second-order valence-electron chi connectivity index (χ2n) is 5.24. The average Bonchev–Trinajstić information content (AvgIpc) is 3.14. The van der Waals surface area contributed by atoms with Crippen LogP contribution in [0, 0.1) is 17.6 Å². The molecule has 1 saturated heterocycles. The molecule has 6 nitrogen and oxygen atoms in total. The number of halogens is 4. The summed E-state index contributed by atoms with van der Waals surface area (Å²) in [7, 11) is 0. The SMILES string of the molecule is O=C(Nc1nnc(C(F)F)s1)C1CC(=O)N(c2ccc(F)cc2F)C1. The van der Waals surface area contributed by atoms with Crippen LogP contribution in [0.1, 0.15) is 17.9 Å². The Labute approximate surface area is 142 Å². The molecule has 1 atom stereocenters. The van der Waals surface area contributed by atoms with Crippen LogP contribution < -0.4 is 10.2 Å². The third kappa shape index (κ3) is 3.60. The second-order valence-corrected chi connectivity index (χ2v) is 6.25. The molecule has 1 fully saturated rings. The molecular weight excluding hydrogens is 364 g/mol. The fourth-order valence-corrected chi connectivity index (χ4v) is 3.00. The summed E-state index contributed by atoms with van der Waals surface area (Å²) in [4.78, 5) is 25.2. The first-order valence-electron chi connectivity index (χ1n) is 7.03. The zero-order valence-corrected chi connectivity index (χ0v) is 13.2. The van der Waals surface area contributed by atoms with Gasteiger partial charge in [-0.3, -0.25) is 9.59 Å². The molecule has 2 amide bonds. The molecule has 0 radical (unpaired) electrons. The number of hydrogen-bond acceptors (Lipinski definition) is 5. The van der Waals surface area contributed by atoms with Crippen LogP contribution in [0.25, 0.3) is 0 Å². The van der Waals surface area contributed by atoms with E-state index in [0.717, 1.165) is 17.0 Å². The van der Waals surface area contributed by atoms with Gasteiger partial charge in [-0.2, -0.15) is 0 Å². The smallest absolute Gasteiger partial charge is 0.291 e. The van der Waals surface area contributed by atoms with Gasteiger partial charge >= 0.3 is 0 Å². The quantitative estimate of drug-likeness (QED) is 0.835. The molecule has 11 heteroatoms. The Morgan fingerprint density at radius 1 is 1.32 bits per heavy atom. The van der Waals surface area contributed by atoms with Crippen molar-refractivity contribution in [1.29, 1.82) is 0 Å². The second kappa shape index (κ2) is 6.75. The maximum Gasteiger partial charge on any atom is 0.291 e. The summed E-state index contributed by atoms with van der Waals surface area (Å²) < 4.78 is 51.7. The number of aromatic nitrogens is 2. The van der Waals surface area contributed by atoms with Crippen LogP contribution in [-0.2, 0) is 9.59 Å². The van der Waals surface area contributed by atoms with Gasteiger partial charge < -0.3 is 10.2 Å². The van der Waals surface area contributed by atoms with Gasteiger partial charge in [-0.25, -0.2) is 17.6 Å². The number of amides is 2. The van der Waals surface area contributed by atoms with E-state index in [1.54, 1.807) is 0 Å². The molecule has 1 aliphatic heterocycles. The zero-order chi connectivity index (χ0) is 18.1. The summed E-state index contributed by atoms with van der Waals surface area (Å²) in [6.07, 6.45) is -2.99. The van der Waals surface area contributed by atoms with Crippen molar-refractivity contribution in [1.82, 2.24) is 10.2 Å². The number of hydrogen-bond donors (Lipinski definition) is 1. The highest BCUT2D eigenvalue weighted by molar-refractivity contribution is 7.15. The van der Waals surface area contributed by atoms with Crippen LogP contribution in [-0.4, -0.2) is 28.6 Å². The number of carbonyl (C=O) groups is 2. The van der Waals surface area contributed by atoms with Gasteiger partial charge in [0.2, 0.25) is 16.9 Å². The Morgan fingerprint density at radius 3 is 2.72 bits per heavy atom. The van der Waals surface area contributed by atoms with E-state index < -0.39 is 40.8 Å². The maximum atomic E-state index is 13.8. The molecule has 2 aromatic rings. The highest BCUT2D eigenvalue weighted by Gasteiger charge is 2.36. The summed E-state index contributed by atoms with van der Waals surface area (Å²) >= 11 is 0.526. The third-order valence-corrected chi connectivity index (χ3v) is 4.40. The molecule has 0 bridgehead atoms. The van der Waals surface area contributed by atoms with Crippen LogP contribution in [0.4, 0.5) is 28.4 Å². The first-order valence-corrected chi connectivity index (χ1v) is 7.84. The van der Waals surface area contributed by atoms with Crippen molar-refractivity contribution in [3.63, 3.8) is 0 Å². The van der Waals surface area contributed by atoms with E-state index in [0.29, 0.717) is 17.4 Å². The summed E-state index contributed by atoms with van der Waals surface area (Å²) in [5.74, 6) is -3.64. The lowest BCUT2D eigenvalue weighted by Gasteiger charge is -2.17. The first-order chi connectivity index (χ1) is 11.8. The molecule has 132 valence electrons. The molecule has 1 aromatic carbocycles. The number of anilines is 2. The van der Waals surface area contributed by atoms with Crippen molar-refractivity contribution in [3.8, 4) is 0 Å². The number of alkyl halides is 2. The monoisotopic (exact) mass is 374 g/mol. The summed E-state index contributed by atoms with van der Waals surface area (Å²) in [6, 6.07) is 2.76. The van der Waals surface area contributed by atoms with Crippen LogP contribution >= 0.6 is 11.3 Å². The molecule has 1 aromatic heterocycles. The predicted molar refractivity (Wildman–Crippen MR) is 80.3 cm³/mol. The van der Waals surface area contributed by atoms with Crippen molar-refractivity contribution in [2.45, 2.75) is 12.8 Å². The van der Waals surface area contributed by atoms with Gasteiger partial charge in [0, 0.05) is 19.0 Å². The maximum absolute atomic E-state index is 13.8. The lowest BCUT2D eigenvalue weighted by atomic mass is 10.1. The van der Waals surface area contributed by atoms with E-state index in [1.165, 1.54) is 0 Å². The minimum Gasteiger partial charge on any atom is -0.309 e. The van der Waals surface area contributed by atoms with Crippen LogP contribution in [0.3, 0.4) is 0 Å². The topological polar surface area (TPSA) is 75.2 Å². The van der Waals surface area contributed by atoms with Crippen LogP contribution in [0.2, 0.25) is 0 Å². The van der Waals surface area contributed by atoms with Crippen molar-refractivity contribution in [2.24, 2.45) is 5.92 Å². The number of benzene rings is 1. The molecule has 1 N–H and O–H groups in total. The Hall–Kier alpha value is -2.56. The molecule has 25 heavy (non-hydrogen) atoms. The van der Waals surface area contributed by atoms with Gasteiger partial charge in [0.15, 0.2) is 5.01 Å². The van der Waals surface area contributed by atoms with Crippen molar-refractivity contribution < 1.29 is 27.2 Å². The Kier molecular flexibility index (Phi) is 4.66. The predicted octanol–water partition coefficient (Wildman–Crippen LogP) is 2.75. The number of carbonyl (C=O) groups excluding carboxylic acids is 2. The molecule has 0 spiro atoms. The van der Waals surface area contributed by atoms with E-state index in [1.807, 2.05) is 0 Å². The van der Waals surface area contributed by atoms with Crippen LogP contribution in [0.15, 0.2) is 18.2 Å². The number of nitrogens with zero attached hydrogens (tertiary/aromatic N) is 3. The zero-order valence-electron chi connectivity index (χ0n) is 12.4. The number of rotatable bonds is 4. The fraction of sp³-hybridized carbons (Fsp3) is 0.286. The fourth-order valence-electron chi connectivity index (χ4n) is 2.40. The van der Waals surface area contributed by atoms with E-state index in [2.05, 4.69) is 15.5 Å². The van der Waals surface area contributed by atoms with E-state index in [9.17, 15) is 27.2 Å². The highest BCUT2D eigenvalue weighted by atomic mass is 32.1. The van der Waals surface area contributed by atoms with Crippen molar-refractivity contribution in [3.05, 3.63) is 34.8 Å². The Morgan fingerprint density at radius 2 is 2.08 bits per heavy atom. The van der Waals surface area contributed by atoms with Crippen molar-refractivity contribution >= 4 is 34.0 Å². The lowest BCUT2D eigenvalue weighted by Crippen LogP contribution is -2.28. The molecule has 2 heterocycles. The van der Waals surface area contributed by atoms with Gasteiger partial charge in [0.05, 0.1) is 11.6 Å². The van der Waals surface area contributed by atoms with Crippen LogP contribution in [0.5, 0.6) is 0 Å². The minimum absolute atomic E-state index is 0.112. The summed E-state index contributed by atoms with van der Waals surface area (Å²) in [6.45, 7) is -0.117. The van der Waals surface area contributed by atoms with Gasteiger partial charge in [-0.15, -0.1) is 10.2 Å². The average molecular weight is 374 g/mol. The van der Waals surface area contributed by atoms with Gasteiger partial charge in [0.1, 0.15) is 11.6 Å². The third-order valence-electron chi connectivity index (χ3n) is 3.55. The minimum atomic E-state index is -2.80. The summed E-state index contributed by atoms with van der Waals surface area (Å²) in [5, 5.41) is 8.33. The number of nitrogens with one attached hydrogen (secondary N) is 1. The Bertz CT molecular complexity index is 829. The normalized spacial score (nSPS) is 17.4. The molecule has 1 aliphatic rings. The van der Waals surface area contributed by atoms with E-state index >= 15 is 0 Å². The van der Waals surface area contributed by atoms with E-state index in [-0.39, 0.29) is 23.8 Å². The molecule has 3 rings (SSSR count). The molecule has 0 aliphatic carbocycles.